The number of anilines is 3. The molecule has 1 N–H and O–H groups in total. The molecule has 1 fully saturated rings. The SMILES string of the molecule is O=C(Cc1cccs1)Nc1ccc(N2CCN(c3ncccn3)CC2)cc1. The van der Waals surface area contributed by atoms with Gasteiger partial charge in [-0.05, 0) is 41.8 Å². The zero-order chi connectivity index (χ0) is 18.5. The van der Waals surface area contributed by atoms with Gasteiger partial charge in [0.25, 0.3) is 0 Å². The normalized spacial score (nSPS) is 14.2. The number of nitrogens with one attached hydrogen (secondary N) is 1. The number of hydrogen-bond acceptors (Lipinski definition) is 6. The van der Waals surface area contributed by atoms with Crippen molar-refractivity contribution in [1.82, 2.24) is 9.97 Å². The molecule has 0 radical (unpaired) electrons. The Morgan fingerprint density at radius 2 is 1.67 bits per heavy atom. The lowest BCUT2D eigenvalue weighted by atomic mass is 10.2. The van der Waals surface area contributed by atoms with Crippen LogP contribution in [-0.4, -0.2) is 42.1 Å². The monoisotopic (exact) mass is 379 g/mol. The van der Waals surface area contributed by atoms with E-state index in [4.69, 9.17) is 0 Å². The van der Waals surface area contributed by atoms with E-state index in [0.29, 0.717) is 6.42 Å². The summed E-state index contributed by atoms with van der Waals surface area (Å²) in [4.78, 5) is 26.4. The molecule has 0 saturated carbocycles. The fraction of sp³-hybridized carbons (Fsp3) is 0.250. The summed E-state index contributed by atoms with van der Waals surface area (Å²) in [7, 11) is 0. The molecule has 1 aliphatic rings. The number of hydrogen-bond donors (Lipinski definition) is 1. The Hall–Kier alpha value is -2.93. The molecular weight excluding hydrogens is 358 g/mol. The molecule has 4 rings (SSSR count). The van der Waals surface area contributed by atoms with Gasteiger partial charge < -0.3 is 15.1 Å². The van der Waals surface area contributed by atoms with Gasteiger partial charge in [0.15, 0.2) is 0 Å². The Morgan fingerprint density at radius 3 is 2.33 bits per heavy atom. The van der Waals surface area contributed by atoms with Crippen molar-refractivity contribution in [3.05, 3.63) is 65.1 Å². The highest BCUT2D eigenvalue weighted by molar-refractivity contribution is 7.10. The zero-order valence-electron chi connectivity index (χ0n) is 14.9. The summed E-state index contributed by atoms with van der Waals surface area (Å²) >= 11 is 1.60. The molecule has 0 bridgehead atoms. The fourth-order valence-corrected chi connectivity index (χ4v) is 3.85. The third-order valence-corrected chi connectivity index (χ3v) is 5.42. The molecule has 3 aromatic rings. The third-order valence-electron chi connectivity index (χ3n) is 4.55. The van der Waals surface area contributed by atoms with Crippen molar-refractivity contribution in [1.29, 1.82) is 0 Å². The summed E-state index contributed by atoms with van der Waals surface area (Å²) in [6.45, 7) is 3.62. The highest BCUT2D eigenvalue weighted by Gasteiger charge is 2.19. The van der Waals surface area contributed by atoms with Crippen LogP contribution >= 0.6 is 11.3 Å². The van der Waals surface area contributed by atoms with Crippen molar-refractivity contribution in [2.75, 3.05) is 41.3 Å². The van der Waals surface area contributed by atoms with Crippen LogP contribution in [0.1, 0.15) is 4.88 Å². The lowest BCUT2D eigenvalue weighted by Gasteiger charge is -2.36. The quantitative estimate of drug-likeness (QED) is 0.738. The van der Waals surface area contributed by atoms with E-state index in [1.54, 1.807) is 23.7 Å². The largest absolute Gasteiger partial charge is 0.368 e. The maximum atomic E-state index is 12.1. The first-order valence-electron chi connectivity index (χ1n) is 8.97. The molecule has 1 amide bonds. The predicted octanol–water partition coefficient (Wildman–Crippen LogP) is 3.05. The van der Waals surface area contributed by atoms with Crippen LogP contribution in [-0.2, 0) is 11.2 Å². The predicted molar refractivity (Wildman–Crippen MR) is 110 cm³/mol. The van der Waals surface area contributed by atoms with Gasteiger partial charge in [0.05, 0.1) is 6.42 Å². The van der Waals surface area contributed by atoms with E-state index in [-0.39, 0.29) is 5.91 Å². The van der Waals surface area contributed by atoms with Crippen LogP contribution in [0.2, 0.25) is 0 Å². The standard InChI is InChI=1S/C20H21N5OS/c26-19(15-18-3-1-14-27-18)23-16-4-6-17(7-5-16)24-10-12-25(13-11-24)20-21-8-2-9-22-20/h1-9,14H,10-13,15H2,(H,23,26). The molecule has 27 heavy (non-hydrogen) atoms. The van der Waals surface area contributed by atoms with E-state index in [1.165, 1.54) is 5.69 Å². The Morgan fingerprint density at radius 1 is 0.963 bits per heavy atom. The second-order valence-corrected chi connectivity index (χ2v) is 7.41. The molecule has 1 aliphatic heterocycles. The second-order valence-electron chi connectivity index (χ2n) is 6.37. The summed E-state index contributed by atoms with van der Waals surface area (Å²) < 4.78 is 0. The van der Waals surface area contributed by atoms with Gasteiger partial charge >= 0.3 is 0 Å². The second kappa shape index (κ2) is 8.18. The molecule has 138 valence electrons. The molecule has 3 heterocycles. The van der Waals surface area contributed by atoms with Crippen LogP contribution in [0, 0.1) is 0 Å². The van der Waals surface area contributed by atoms with Gasteiger partial charge in [-0.15, -0.1) is 11.3 Å². The lowest BCUT2D eigenvalue weighted by molar-refractivity contribution is -0.115. The van der Waals surface area contributed by atoms with E-state index in [0.717, 1.165) is 42.7 Å². The van der Waals surface area contributed by atoms with Gasteiger partial charge in [-0.25, -0.2) is 9.97 Å². The Balaban J connectivity index is 1.31. The average Bonchev–Trinajstić information content (AvgIpc) is 3.22. The number of aromatic nitrogens is 2. The maximum absolute atomic E-state index is 12.1. The Labute approximate surface area is 162 Å². The van der Waals surface area contributed by atoms with E-state index in [2.05, 4.69) is 37.2 Å². The molecule has 1 aromatic carbocycles. The first-order chi connectivity index (χ1) is 13.3. The van der Waals surface area contributed by atoms with Crippen molar-refractivity contribution >= 4 is 34.6 Å². The van der Waals surface area contributed by atoms with Crippen LogP contribution < -0.4 is 15.1 Å². The molecule has 0 spiro atoms. The van der Waals surface area contributed by atoms with Gasteiger partial charge in [0.1, 0.15) is 0 Å². The topological polar surface area (TPSA) is 61.4 Å². The summed E-state index contributed by atoms with van der Waals surface area (Å²) in [6.07, 6.45) is 3.98. The molecule has 6 nitrogen and oxygen atoms in total. The van der Waals surface area contributed by atoms with Gasteiger partial charge in [-0.2, -0.15) is 0 Å². The minimum Gasteiger partial charge on any atom is -0.368 e. The Bertz CT molecular complexity index is 859. The smallest absolute Gasteiger partial charge is 0.229 e. The number of rotatable bonds is 5. The third kappa shape index (κ3) is 4.43. The molecular formula is C20H21N5OS. The number of amides is 1. The van der Waals surface area contributed by atoms with Crippen LogP contribution in [0.5, 0.6) is 0 Å². The van der Waals surface area contributed by atoms with E-state index in [9.17, 15) is 4.79 Å². The van der Waals surface area contributed by atoms with Gasteiger partial charge in [-0.3, -0.25) is 4.79 Å². The Kier molecular flexibility index (Phi) is 5.29. The van der Waals surface area contributed by atoms with Crippen LogP contribution in [0.15, 0.2) is 60.2 Å². The van der Waals surface area contributed by atoms with Crippen molar-refractivity contribution in [3.8, 4) is 0 Å². The summed E-state index contributed by atoms with van der Waals surface area (Å²) in [5.41, 5.74) is 2.00. The first kappa shape index (κ1) is 17.5. The molecule has 2 aromatic heterocycles. The van der Waals surface area contributed by atoms with Crippen molar-refractivity contribution in [3.63, 3.8) is 0 Å². The molecule has 0 atom stereocenters. The summed E-state index contributed by atoms with van der Waals surface area (Å²) in [6, 6.07) is 13.8. The number of nitrogens with zero attached hydrogens (tertiary/aromatic N) is 4. The first-order valence-corrected chi connectivity index (χ1v) is 9.85. The van der Waals surface area contributed by atoms with E-state index < -0.39 is 0 Å². The minimum atomic E-state index is 0.0154. The minimum absolute atomic E-state index is 0.0154. The fourth-order valence-electron chi connectivity index (χ4n) is 3.15. The van der Waals surface area contributed by atoms with Crippen LogP contribution in [0.4, 0.5) is 17.3 Å². The average molecular weight is 379 g/mol. The zero-order valence-corrected chi connectivity index (χ0v) is 15.7. The summed E-state index contributed by atoms with van der Waals surface area (Å²) in [5.74, 6) is 0.808. The maximum Gasteiger partial charge on any atom is 0.229 e. The van der Waals surface area contributed by atoms with E-state index >= 15 is 0 Å². The van der Waals surface area contributed by atoms with Gasteiger partial charge in [0, 0.05) is 54.8 Å². The molecule has 0 unspecified atom stereocenters. The number of carbonyl (C=O) groups is 1. The lowest BCUT2D eigenvalue weighted by Crippen LogP contribution is -2.47. The van der Waals surface area contributed by atoms with Gasteiger partial charge in [-0.1, -0.05) is 6.07 Å². The van der Waals surface area contributed by atoms with Gasteiger partial charge in [0.2, 0.25) is 11.9 Å². The summed E-state index contributed by atoms with van der Waals surface area (Å²) in [5, 5.41) is 4.95. The van der Waals surface area contributed by atoms with E-state index in [1.807, 2.05) is 35.7 Å². The van der Waals surface area contributed by atoms with Crippen molar-refractivity contribution < 1.29 is 4.79 Å². The van der Waals surface area contributed by atoms with Crippen molar-refractivity contribution in [2.24, 2.45) is 0 Å². The number of piperazine rings is 1. The number of carbonyl (C=O) groups excluding carboxylic acids is 1. The molecule has 0 aliphatic carbocycles. The van der Waals surface area contributed by atoms with Crippen molar-refractivity contribution in [2.45, 2.75) is 6.42 Å². The number of benzene rings is 1. The number of thiophene rings is 1. The highest BCUT2D eigenvalue weighted by Crippen LogP contribution is 2.21. The van der Waals surface area contributed by atoms with Crippen LogP contribution in [0.3, 0.4) is 0 Å². The molecule has 7 heteroatoms. The molecule has 1 saturated heterocycles. The highest BCUT2D eigenvalue weighted by atomic mass is 32.1. The van der Waals surface area contributed by atoms with Crippen LogP contribution in [0.25, 0.3) is 0 Å².